The predicted octanol–water partition coefficient (Wildman–Crippen LogP) is 1.78. The first-order valence-electron chi connectivity index (χ1n) is 6.08. The normalized spacial score (nSPS) is 37.3. The first-order chi connectivity index (χ1) is 6.77. The van der Waals surface area contributed by atoms with Gasteiger partial charge in [0.25, 0.3) is 0 Å². The maximum absolute atomic E-state index is 9.18. The van der Waals surface area contributed by atoms with Crippen LogP contribution >= 0.6 is 0 Å². The summed E-state index contributed by atoms with van der Waals surface area (Å²) >= 11 is 0. The molecule has 2 N–H and O–H groups in total. The van der Waals surface area contributed by atoms with Gasteiger partial charge in [-0.2, -0.15) is 0 Å². The highest BCUT2D eigenvalue weighted by atomic mass is 16.3. The second-order valence-electron chi connectivity index (χ2n) is 5.34. The van der Waals surface area contributed by atoms with Gasteiger partial charge in [0.2, 0.25) is 0 Å². The minimum Gasteiger partial charge on any atom is -0.396 e. The number of hydrogen-bond acceptors (Lipinski definition) is 2. The number of aliphatic hydroxyl groups is 1. The average molecular weight is 197 g/mol. The maximum atomic E-state index is 9.18. The van der Waals surface area contributed by atoms with Crippen molar-refractivity contribution in [3.63, 3.8) is 0 Å². The Bertz CT molecular complexity index is 187. The van der Waals surface area contributed by atoms with Crippen LogP contribution in [0.2, 0.25) is 0 Å². The summed E-state index contributed by atoms with van der Waals surface area (Å²) in [5.74, 6) is 1.40. The van der Waals surface area contributed by atoms with Crippen molar-refractivity contribution < 1.29 is 5.11 Å². The number of rotatable bonds is 1. The molecule has 1 saturated carbocycles. The van der Waals surface area contributed by atoms with Gasteiger partial charge in [0.15, 0.2) is 0 Å². The average Bonchev–Trinajstić information content (AvgIpc) is 2.24. The number of nitrogens with one attached hydrogen (secondary N) is 1. The summed E-state index contributed by atoms with van der Waals surface area (Å²) in [5, 5.41) is 12.6. The molecule has 2 nitrogen and oxygen atoms in total. The van der Waals surface area contributed by atoms with Crippen LogP contribution in [-0.2, 0) is 0 Å². The highest BCUT2D eigenvalue weighted by Crippen LogP contribution is 2.48. The number of aliphatic hydroxyl groups excluding tert-OH is 1. The van der Waals surface area contributed by atoms with E-state index in [0.29, 0.717) is 17.9 Å². The lowest BCUT2D eigenvalue weighted by Crippen LogP contribution is -2.44. The van der Waals surface area contributed by atoms with E-state index < -0.39 is 0 Å². The molecule has 0 aromatic rings. The number of piperidine rings is 1. The Morgan fingerprint density at radius 1 is 1.29 bits per heavy atom. The van der Waals surface area contributed by atoms with Crippen LogP contribution in [0.3, 0.4) is 0 Å². The van der Waals surface area contributed by atoms with Crippen molar-refractivity contribution in [1.82, 2.24) is 5.32 Å². The molecule has 1 unspecified atom stereocenters. The first-order valence-corrected chi connectivity index (χ1v) is 6.08. The third-order valence-electron chi connectivity index (χ3n) is 4.64. The van der Waals surface area contributed by atoms with Gasteiger partial charge in [-0.15, -0.1) is 0 Å². The molecule has 82 valence electrons. The highest BCUT2D eigenvalue weighted by Gasteiger charge is 2.41. The van der Waals surface area contributed by atoms with Crippen LogP contribution in [-0.4, -0.2) is 24.8 Å². The van der Waals surface area contributed by atoms with Gasteiger partial charge in [0, 0.05) is 6.61 Å². The lowest BCUT2D eigenvalue weighted by molar-refractivity contribution is 0.0245. The van der Waals surface area contributed by atoms with E-state index in [0.717, 1.165) is 5.92 Å². The minimum absolute atomic E-state index is 0.401. The Labute approximate surface area is 87.1 Å². The van der Waals surface area contributed by atoms with Gasteiger partial charge in [0.05, 0.1) is 0 Å². The quantitative estimate of drug-likeness (QED) is 0.671. The minimum atomic E-state index is 0.401. The second kappa shape index (κ2) is 4.19. The number of hydrogen-bond donors (Lipinski definition) is 2. The Kier molecular flexibility index (Phi) is 3.13. The summed E-state index contributed by atoms with van der Waals surface area (Å²) in [5.41, 5.74) is 0.622. The van der Waals surface area contributed by atoms with Gasteiger partial charge in [-0.05, 0) is 62.4 Å². The summed E-state index contributed by atoms with van der Waals surface area (Å²) in [7, 11) is 0. The zero-order chi connectivity index (χ0) is 10.0. The van der Waals surface area contributed by atoms with Gasteiger partial charge < -0.3 is 10.4 Å². The van der Waals surface area contributed by atoms with Crippen molar-refractivity contribution in [3.05, 3.63) is 0 Å². The molecule has 2 heteroatoms. The molecule has 2 aliphatic rings. The molecule has 2 fully saturated rings. The largest absolute Gasteiger partial charge is 0.396 e. The van der Waals surface area contributed by atoms with Crippen molar-refractivity contribution in [1.29, 1.82) is 0 Å². The van der Waals surface area contributed by atoms with Crippen molar-refractivity contribution in [3.8, 4) is 0 Å². The van der Waals surface area contributed by atoms with E-state index in [4.69, 9.17) is 0 Å². The fraction of sp³-hybridized carbons (Fsp3) is 1.00. The molecule has 0 aromatic heterocycles. The smallest absolute Gasteiger partial charge is 0.0459 e. The molecule has 0 radical (unpaired) electrons. The van der Waals surface area contributed by atoms with Gasteiger partial charge in [-0.25, -0.2) is 0 Å². The van der Waals surface area contributed by atoms with Gasteiger partial charge in [0.1, 0.15) is 0 Å². The fourth-order valence-electron chi connectivity index (χ4n) is 3.44. The van der Waals surface area contributed by atoms with Crippen LogP contribution in [0.15, 0.2) is 0 Å². The molecule has 1 saturated heterocycles. The van der Waals surface area contributed by atoms with Crippen LogP contribution < -0.4 is 5.32 Å². The summed E-state index contributed by atoms with van der Waals surface area (Å²) < 4.78 is 0. The fourth-order valence-corrected chi connectivity index (χ4v) is 3.44. The lowest BCUT2D eigenvalue weighted by atomic mass is 9.60. The van der Waals surface area contributed by atoms with E-state index in [1.54, 1.807) is 0 Å². The molecule has 1 aliphatic carbocycles. The molecule has 2 rings (SSSR count). The van der Waals surface area contributed by atoms with E-state index >= 15 is 0 Å². The Morgan fingerprint density at radius 2 is 2.00 bits per heavy atom. The van der Waals surface area contributed by atoms with Crippen molar-refractivity contribution in [2.24, 2.45) is 17.3 Å². The van der Waals surface area contributed by atoms with E-state index in [1.165, 1.54) is 45.2 Å². The summed E-state index contributed by atoms with van der Waals surface area (Å²) in [6.45, 7) is 5.20. The monoisotopic (exact) mass is 197 g/mol. The van der Waals surface area contributed by atoms with Gasteiger partial charge in [-0.3, -0.25) is 0 Å². The topological polar surface area (TPSA) is 32.3 Å². The highest BCUT2D eigenvalue weighted by molar-refractivity contribution is 4.93. The molecule has 2 atom stereocenters. The van der Waals surface area contributed by atoms with Crippen LogP contribution in [0.25, 0.3) is 0 Å². The summed E-state index contributed by atoms with van der Waals surface area (Å²) in [4.78, 5) is 0. The van der Waals surface area contributed by atoms with E-state index in [1.807, 2.05) is 0 Å². The van der Waals surface area contributed by atoms with Crippen molar-refractivity contribution >= 4 is 0 Å². The summed E-state index contributed by atoms with van der Waals surface area (Å²) in [6.07, 6.45) is 6.55. The Balaban J connectivity index is 1.99. The molecule has 0 bridgehead atoms. The Hall–Kier alpha value is -0.0800. The first kappa shape index (κ1) is 10.4. The van der Waals surface area contributed by atoms with Crippen LogP contribution in [0.5, 0.6) is 0 Å². The van der Waals surface area contributed by atoms with Crippen molar-refractivity contribution in [2.45, 2.75) is 39.0 Å². The third kappa shape index (κ3) is 1.82. The van der Waals surface area contributed by atoms with Crippen LogP contribution in [0.1, 0.15) is 39.0 Å². The standard InChI is InChI=1S/C12H23NO/c1-10-8-11(9-14)2-3-12(10)4-6-13-7-5-12/h10-11,13-14H,2-9H2,1H3/t10?,11-/m0/s1. The molecular weight excluding hydrogens is 174 g/mol. The molecule has 0 amide bonds. The van der Waals surface area contributed by atoms with Crippen LogP contribution in [0.4, 0.5) is 0 Å². The lowest BCUT2D eigenvalue weighted by Gasteiger charge is -2.47. The van der Waals surface area contributed by atoms with Crippen LogP contribution in [0, 0.1) is 17.3 Å². The van der Waals surface area contributed by atoms with E-state index in [-0.39, 0.29) is 0 Å². The predicted molar refractivity (Wildman–Crippen MR) is 58.1 cm³/mol. The Morgan fingerprint density at radius 3 is 2.57 bits per heavy atom. The molecular formula is C12H23NO. The van der Waals surface area contributed by atoms with Crippen molar-refractivity contribution in [2.75, 3.05) is 19.7 Å². The van der Waals surface area contributed by atoms with E-state index in [2.05, 4.69) is 12.2 Å². The molecule has 0 aromatic carbocycles. The SMILES string of the molecule is CC1C[C@@H](CO)CCC12CCNCC2. The second-order valence-corrected chi connectivity index (χ2v) is 5.34. The van der Waals surface area contributed by atoms with E-state index in [9.17, 15) is 5.11 Å². The zero-order valence-corrected chi connectivity index (χ0v) is 9.26. The van der Waals surface area contributed by atoms with Gasteiger partial charge >= 0.3 is 0 Å². The maximum Gasteiger partial charge on any atom is 0.0459 e. The third-order valence-corrected chi connectivity index (χ3v) is 4.64. The summed E-state index contributed by atoms with van der Waals surface area (Å²) in [6, 6.07) is 0. The molecule has 14 heavy (non-hydrogen) atoms. The molecule has 1 heterocycles. The molecule has 1 aliphatic heterocycles. The zero-order valence-electron chi connectivity index (χ0n) is 9.26. The molecule has 1 spiro atoms. The van der Waals surface area contributed by atoms with Gasteiger partial charge in [-0.1, -0.05) is 6.92 Å².